The summed E-state index contributed by atoms with van der Waals surface area (Å²) in [5.41, 5.74) is 0.984. The van der Waals surface area contributed by atoms with Crippen LogP contribution in [-0.2, 0) is 22.6 Å². The molecule has 2 atom stereocenters. The van der Waals surface area contributed by atoms with Gasteiger partial charge in [0.05, 0.1) is 24.4 Å². The van der Waals surface area contributed by atoms with E-state index >= 15 is 0 Å². The summed E-state index contributed by atoms with van der Waals surface area (Å²) in [5.74, 6) is 0. The Bertz CT molecular complexity index is 386. The van der Waals surface area contributed by atoms with Gasteiger partial charge in [-0.05, 0) is 6.54 Å². The molecule has 1 fully saturated rings. The fraction of sp³-hybridized carbons (Fsp3) is 0.846. The van der Waals surface area contributed by atoms with E-state index in [0.717, 1.165) is 45.0 Å². The third kappa shape index (κ3) is 3.99. The van der Waals surface area contributed by atoms with Gasteiger partial charge in [-0.1, -0.05) is 12.1 Å². The van der Waals surface area contributed by atoms with Crippen LogP contribution in [0.2, 0.25) is 0 Å². The fourth-order valence-corrected chi connectivity index (χ4v) is 2.48. The van der Waals surface area contributed by atoms with E-state index in [1.807, 2.05) is 10.9 Å². The second-order valence-corrected chi connectivity index (χ2v) is 5.06. The van der Waals surface area contributed by atoms with E-state index in [-0.39, 0.29) is 12.2 Å². The van der Waals surface area contributed by atoms with Gasteiger partial charge in [0.1, 0.15) is 0 Å². The molecule has 0 bridgehead atoms. The molecule has 7 nitrogen and oxygen atoms in total. The zero-order valence-electron chi connectivity index (χ0n) is 12.6. The number of hydrogen-bond acceptors (Lipinski definition) is 6. The summed E-state index contributed by atoms with van der Waals surface area (Å²) in [6, 6.07) is 0. The lowest BCUT2D eigenvalue weighted by Gasteiger charge is -2.14. The van der Waals surface area contributed by atoms with Crippen LogP contribution in [0.3, 0.4) is 0 Å². The Morgan fingerprint density at radius 1 is 1.25 bits per heavy atom. The minimum Gasteiger partial charge on any atom is -0.377 e. The maximum Gasteiger partial charge on any atom is 0.0971 e. The molecule has 7 heteroatoms. The lowest BCUT2D eigenvalue weighted by molar-refractivity contribution is -0.00461. The van der Waals surface area contributed by atoms with Crippen LogP contribution in [-0.4, -0.2) is 72.5 Å². The average Bonchev–Trinajstić information content (AvgIpc) is 3.08. The molecule has 0 spiro atoms. The van der Waals surface area contributed by atoms with Crippen LogP contribution in [0.15, 0.2) is 6.20 Å². The lowest BCUT2D eigenvalue weighted by atomic mass is 10.3. The summed E-state index contributed by atoms with van der Waals surface area (Å²) in [5, 5.41) is 11.5. The molecule has 0 radical (unpaired) electrons. The predicted molar refractivity (Wildman–Crippen MR) is 75.4 cm³/mol. The van der Waals surface area contributed by atoms with Gasteiger partial charge >= 0.3 is 0 Å². The van der Waals surface area contributed by atoms with Gasteiger partial charge in [-0.3, -0.25) is 9.58 Å². The molecule has 1 aliphatic rings. The van der Waals surface area contributed by atoms with Gasteiger partial charge in [0.25, 0.3) is 0 Å². The molecule has 1 saturated heterocycles. The number of ether oxygens (including phenoxy) is 2. The van der Waals surface area contributed by atoms with E-state index in [0.29, 0.717) is 0 Å². The normalized spacial score (nSPS) is 23.6. The minimum atomic E-state index is 0.167. The molecule has 2 heterocycles. The summed E-state index contributed by atoms with van der Waals surface area (Å²) >= 11 is 0. The largest absolute Gasteiger partial charge is 0.377 e. The average molecular weight is 283 g/mol. The molecule has 0 aliphatic carbocycles. The third-order valence-corrected chi connectivity index (χ3v) is 3.68. The van der Waals surface area contributed by atoms with Crippen LogP contribution in [0.25, 0.3) is 0 Å². The highest BCUT2D eigenvalue weighted by Gasteiger charge is 2.32. The molecule has 2 unspecified atom stereocenters. The van der Waals surface area contributed by atoms with Crippen molar-refractivity contribution < 1.29 is 9.47 Å². The SMILES string of the molecule is CCNCc1cn(CCN2CC(OC)C(OC)C2)nn1. The van der Waals surface area contributed by atoms with Crippen molar-refractivity contribution in [3.05, 3.63) is 11.9 Å². The molecule has 0 saturated carbocycles. The molecular formula is C13H25N5O2. The first-order valence-electron chi connectivity index (χ1n) is 7.14. The second kappa shape index (κ2) is 7.68. The van der Waals surface area contributed by atoms with E-state index in [9.17, 15) is 0 Å². The molecule has 0 aromatic carbocycles. The summed E-state index contributed by atoms with van der Waals surface area (Å²) in [4.78, 5) is 2.34. The van der Waals surface area contributed by atoms with Crippen molar-refractivity contribution in [1.29, 1.82) is 0 Å². The van der Waals surface area contributed by atoms with Gasteiger partial charge in [-0.2, -0.15) is 0 Å². The highest BCUT2D eigenvalue weighted by molar-refractivity contribution is 4.92. The number of hydrogen-bond donors (Lipinski definition) is 1. The predicted octanol–water partition coefficient (Wildman–Crippen LogP) is -0.267. The zero-order chi connectivity index (χ0) is 14.4. The number of rotatable bonds is 8. The maximum absolute atomic E-state index is 5.44. The van der Waals surface area contributed by atoms with Crippen molar-refractivity contribution in [2.75, 3.05) is 40.4 Å². The highest BCUT2D eigenvalue weighted by Crippen LogP contribution is 2.15. The molecular weight excluding hydrogens is 258 g/mol. The Morgan fingerprint density at radius 3 is 2.55 bits per heavy atom. The first-order valence-corrected chi connectivity index (χ1v) is 7.14. The molecule has 1 aromatic rings. The molecule has 0 amide bonds. The van der Waals surface area contributed by atoms with Crippen molar-refractivity contribution in [2.45, 2.75) is 32.2 Å². The standard InChI is InChI=1S/C13H25N5O2/c1-4-14-7-11-8-18(16-15-11)6-5-17-9-12(19-2)13(10-17)20-3/h8,12-14H,4-7,9-10H2,1-3H3. The first-order chi connectivity index (χ1) is 9.76. The van der Waals surface area contributed by atoms with E-state index in [1.165, 1.54) is 0 Å². The smallest absolute Gasteiger partial charge is 0.0971 e. The molecule has 1 N–H and O–H groups in total. The van der Waals surface area contributed by atoms with E-state index in [2.05, 4.69) is 27.5 Å². The van der Waals surface area contributed by atoms with Gasteiger partial charge in [0.15, 0.2) is 0 Å². The van der Waals surface area contributed by atoms with Crippen molar-refractivity contribution in [1.82, 2.24) is 25.2 Å². The Morgan fingerprint density at radius 2 is 1.95 bits per heavy atom. The van der Waals surface area contributed by atoms with E-state index in [4.69, 9.17) is 9.47 Å². The number of aromatic nitrogens is 3. The number of likely N-dealkylation sites (tertiary alicyclic amines) is 1. The molecule has 2 rings (SSSR count). The molecule has 1 aromatic heterocycles. The van der Waals surface area contributed by atoms with Gasteiger partial charge in [0, 0.05) is 46.6 Å². The van der Waals surface area contributed by atoms with Crippen LogP contribution in [0.5, 0.6) is 0 Å². The molecule has 1 aliphatic heterocycles. The van der Waals surface area contributed by atoms with E-state index in [1.54, 1.807) is 14.2 Å². The lowest BCUT2D eigenvalue weighted by Crippen LogP contribution is -2.27. The van der Waals surface area contributed by atoms with Crippen molar-refractivity contribution in [3.63, 3.8) is 0 Å². The summed E-state index contributed by atoms with van der Waals surface area (Å²) in [6.07, 6.45) is 2.33. The number of nitrogens with one attached hydrogen (secondary N) is 1. The van der Waals surface area contributed by atoms with Gasteiger partial charge in [0.2, 0.25) is 0 Å². The van der Waals surface area contributed by atoms with Crippen LogP contribution in [0.1, 0.15) is 12.6 Å². The topological polar surface area (TPSA) is 64.4 Å². The van der Waals surface area contributed by atoms with Crippen LogP contribution in [0, 0.1) is 0 Å². The Labute approximate surface area is 120 Å². The Balaban J connectivity index is 1.76. The third-order valence-electron chi connectivity index (χ3n) is 3.68. The summed E-state index contributed by atoms with van der Waals surface area (Å²) in [6.45, 7) is 7.39. The summed E-state index contributed by atoms with van der Waals surface area (Å²) in [7, 11) is 3.48. The van der Waals surface area contributed by atoms with Crippen molar-refractivity contribution in [2.24, 2.45) is 0 Å². The fourth-order valence-electron chi connectivity index (χ4n) is 2.48. The number of nitrogens with zero attached hydrogens (tertiary/aromatic N) is 4. The van der Waals surface area contributed by atoms with Crippen molar-refractivity contribution >= 4 is 0 Å². The minimum absolute atomic E-state index is 0.167. The van der Waals surface area contributed by atoms with Gasteiger partial charge in [-0.25, -0.2) is 0 Å². The van der Waals surface area contributed by atoms with Crippen molar-refractivity contribution in [3.8, 4) is 0 Å². The first kappa shape index (κ1) is 15.4. The van der Waals surface area contributed by atoms with Crippen LogP contribution in [0.4, 0.5) is 0 Å². The second-order valence-electron chi connectivity index (χ2n) is 5.06. The molecule has 20 heavy (non-hydrogen) atoms. The van der Waals surface area contributed by atoms with Gasteiger partial charge < -0.3 is 14.8 Å². The Kier molecular flexibility index (Phi) is 5.90. The van der Waals surface area contributed by atoms with Crippen LogP contribution >= 0.6 is 0 Å². The van der Waals surface area contributed by atoms with Crippen LogP contribution < -0.4 is 5.32 Å². The van der Waals surface area contributed by atoms with E-state index < -0.39 is 0 Å². The zero-order valence-corrected chi connectivity index (χ0v) is 12.6. The monoisotopic (exact) mass is 283 g/mol. The number of methoxy groups -OCH3 is 2. The quantitative estimate of drug-likeness (QED) is 0.709. The molecule has 114 valence electrons. The highest BCUT2D eigenvalue weighted by atomic mass is 16.5. The Hall–Kier alpha value is -1.02. The maximum atomic E-state index is 5.44. The van der Waals surface area contributed by atoms with Gasteiger partial charge in [-0.15, -0.1) is 5.10 Å². The summed E-state index contributed by atoms with van der Waals surface area (Å²) < 4.78 is 12.8.